The highest BCUT2D eigenvalue weighted by Crippen LogP contribution is 2.32. The van der Waals surface area contributed by atoms with Crippen LogP contribution < -0.4 is 0 Å². The van der Waals surface area contributed by atoms with Crippen LogP contribution in [0.3, 0.4) is 0 Å². The number of nitriles is 1. The number of nitrogens with zero attached hydrogens (tertiary/aromatic N) is 2. The molecule has 1 saturated heterocycles. The summed E-state index contributed by atoms with van der Waals surface area (Å²) in [5.41, 5.74) is -0.879. The Hall–Kier alpha value is -1.34. The summed E-state index contributed by atoms with van der Waals surface area (Å²) in [7, 11) is 0. The molecule has 1 rings (SSSR count). The Bertz CT molecular complexity index is 314. The predicted octanol–water partition coefficient (Wildman–Crippen LogP) is 1.73. The van der Waals surface area contributed by atoms with Crippen LogP contribution in [0.15, 0.2) is 12.7 Å². The van der Waals surface area contributed by atoms with Gasteiger partial charge in [0.15, 0.2) is 0 Å². The van der Waals surface area contributed by atoms with Gasteiger partial charge in [0.1, 0.15) is 5.41 Å². The fourth-order valence-electron chi connectivity index (χ4n) is 2.10. The van der Waals surface area contributed by atoms with Crippen LogP contribution in [0.1, 0.15) is 26.2 Å². The molecule has 0 radical (unpaired) electrons. The van der Waals surface area contributed by atoms with E-state index in [9.17, 15) is 10.1 Å². The third-order valence-electron chi connectivity index (χ3n) is 3.10. The van der Waals surface area contributed by atoms with Crippen LogP contribution in [0.25, 0.3) is 0 Å². The highest BCUT2D eigenvalue weighted by Gasteiger charge is 2.42. The van der Waals surface area contributed by atoms with Crippen molar-refractivity contribution in [1.29, 1.82) is 5.26 Å². The molecule has 4 nitrogen and oxygen atoms in total. The molecule has 1 aliphatic heterocycles. The lowest BCUT2D eigenvalue weighted by Crippen LogP contribution is -2.46. The van der Waals surface area contributed by atoms with E-state index in [1.54, 1.807) is 11.0 Å². The van der Waals surface area contributed by atoms with Crippen molar-refractivity contribution in [2.75, 3.05) is 26.3 Å². The molecule has 1 heterocycles. The maximum atomic E-state index is 12.4. The van der Waals surface area contributed by atoms with Gasteiger partial charge in [-0.2, -0.15) is 5.26 Å². The van der Waals surface area contributed by atoms with Crippen molar-refractivity contribution in [3.05, 3.63) is 12.7 Å². The van der Waals surface area contributed by atoms with E-state index < -0.39 is 5.41 Å². The van der Waals surface area contributed by atoms with Crippen molar-refractivity contribution in [3.63, 3.8) is 0 Å². The van der Waals surface area contributed by atoms with E-state index >= 15 is 0 Å². The molecule has 0 aliphatic carbocycles. The number of carbonyl (C=O) groups excluding carboxylic acids is 1. The first-order chi connectivity index (χ1) is 8.20. The van der Waals surface area contributed by atoms with Crippen LogP contribution in [0.2, 0.25) is 0 Å². The molecule has 0 spiro atoms. The van der Waals surface area contributed by atoms with Gasteiger partial charge in [0, 0.05) is 26.3 Å². The van der Waals surface area contributed by atoms with E-state index in [1.165, 1.54) is 0 Å². The zero-order chi connectivity index (χ0) is 12.7. The minimum atomic E-state index is -0.879. The van der Waals surface area contributed by atoms with E-state index in [0.29, 0.717) is 39.1 Å². The van der Waals surface area contributed by atoms with E-state index in [-0.39, 0.29) is 5.91 Å². The molecule has 0 atom stereocenters. The monoisotopic (exact) mass is 236 g/mol. The number of amides is 1. The summed E-state index contributed by atoms with van der Waals surface area (Å²) in [5.74, 6) is -0.0648. The molecular formula is C13H20N2O2. The van der Waals surface area contributed by atoms with Crippen LogP contribution >= 0.6 is 0 Å². The van der Waals surface area contributed by atoms with Crippen molar-refractivity contribution >= 4 is 5.91 Å². The second-order valence-corrected chi connectivity index (χ2v) is 4.35. The Morgan fingerprint density at radius 2 is 2.24 bits per heavy atom. The normalized spacial score (nSPS) is 18.1. The minimum Gasteiger partial charge on any atom is -0.381 e. The zero-order valence-corrected chi connectivity index (χ0v) is 10.4. The van der Waals surface area contributed by atoms with Crippen LogP contribution in [0, 0.1) is 16.7 Å². The fourth-order valence-corrected chi connectivity index (χ4v) is 2.10. The lowest BCUT2D eigenvalue weighted by molar-refractivity contribution is -0.142. The van der Waals surface area contributed by atoms with Gasteiger partial charge in [-0.3, -0.25) is 4.79 Å². The van der Waals surface area contributed by atoms with Crippen LogP contribution in [0.4, 0.5) is 0 Å². The van der Waals surface area contributed by atoms with E-state index in [4.69, 9.17) is 4.74 Å². The first kappa shape index (κ1) is 13.7. The van der Waals surface area contributed by atoms with Gasteiger partial charge in [0.25, 0.3) is 0 Å². The Morgan fingerprint density at radius 3 is 2.71 bits per heavy atom. The standard InChI is InChI=1S/C13H20N2O2/c1-3-7-15(8-4-2)12(16)13(11-14)5-9-17-10-6-13/h3H,1,4-10H2,2H3. The lowest BCUT2D eigenvalue weighted by atomic mass is 9.80. The summed E-state index contributed by atoms with van der Waals surface area (Å²) < 4.78 is 5.23. The van der Waals surface area contributed by atoms with E-state index in [2.05, 4.69) is 12.6 Å². The fraction of sp³-hybridized carbons (Fsp3) is 0.692. The van der Waals surface area contributed by atoms with Gasteiger partial charge in [-0.25, -0.2) is 0 Å². The predicted molar refractivity (Wildman–Crippen MR) is 65.2 cm³/mol. The largest absolute Gasteiger partial charge is 0.381 e. The van der Waals surface area contributed by atoms with Gasteiger partial charge in [-0.1, -0.05) is 13.0 Å². The third-order valence-corrected chi connectivity index (χ3v) is 3.10. The molecule has 0 aromatic rings. The Kier molecular flexibility index (Phi) is 5.17. The van der Waals surface area contributed by atoms with E-state index in [0.717, 1.165) is 6.42 Å². The summed E-state index contributed by atoms with van der Waals surface area (Å²) >= 11 is 0. The van der Waals surface area contributed by atoms with Crippen molar-refractivity contribution in [3.8, 4) is 6.07 Å². The summed E-state index contributed by atoms with van der Waals surface area (Å²) in [6.07, 6.45) is 3.59. The molecule has 1 fully saturated rings. The summed E-state index contributed by atoms with van der Waals surface area (Å²) in [6.45, 7) is 7.85. The number of carbonyl (C=O) groups is 1. The Labute approximate surface area is 103 Å². The lowest BCUT2D eigenvalue weighted by Gasteiger charge is -2.34. The molecule has 17 heavy (non-hydrogen) atoms. The van der Waals surface area contributed by atoms with Gasteiger partial charge >= 0.3 is 0 Å². The topological polar surface area (TPSA) is 53.3 Å². The minimum absolute atomic E-state index is 0.0648. The van der Waals surface area contributed by atoms with Crippen molar-refractivity contribution in [2.24, 2.45) is 5.41 Å². The summed E-state index contributed by atoms with van der Waals surface area (Å²) in [4.78, 5) is 14.2. The number of ether oxygens (including phenoxy) is 1. The molecule has 0 aromatic carbocycles. The van der Waals surface area contributed by atoms with Crippen LogP contribution in [-0.4, -0.2) is 37.1 Å². The first-order valence-electron chi connectivity index (χ1n) is 6.09. The van der Waals surface area contributed by atoms with Gasteiger partial charge in [-0.15, -0.1) is 6.58 Å². The van der Waals surface area contributed by atoms with E-state index in [1.807, 2.05) is 6.92 Å². The maximum absolute atomic E-state index is 12.4. The van der Waals surface area contributed by atoms with Gasteiger partial charge < -0.3 is 9.64 Å². The SMILES string of the molecule is C=CCN(CCC)C(=O)C1(C#N)CCOCC1. The van der Waals surface area contributed by atoms with Crippen molar-refractivity contribution in [1.82, 2.24) is 4.90 Å². The molecule has 0 aromatic heterocycles. The number of hydrogen-bond donors (Lipinski definition) is 0. The molecule has 1 aliphatic rings. The number of hydrogen-bond acceptors (Lipinski definition) is 3. The second-order valence-electron chi connectivity index (χ2n) is 4.35. The van der Waals surface area contributed by atoms with Crippen molar-refractivity contribution in [2.45, 2.75) is 26.2 Å². The Balaban J connectivity index is 2.82. The molecule has 0 N–H and O–H groups in total. The first-order valence-corrected chi connectivity index (χ1v) is 6.09. The molecule has 4 heteroatoms. The smallest absolute Gasteiger partial charge is 0.243 e. The average molecular weight is 236 g/mol. The molecule has 0 unspecified atom stereocenters. The summed E-state index contributed by atoms with van der Waals surface area (Å²) in [6, 6.07) is 2.21. The van der Waals surface area contributed by atoms with Crippen LogP contribution in [0.5, 0.6) is 0 Å². The van der Waals surface area contributed by atoms with Gasteiger partial charge in [-0.05, 0) is 19.3 Å². The molecule has 0 saturated carbocycles. The maximum Gasteiger partial charge on any atom is 0.243 e. The molecule has 94 valence electrons. The van der Waals surface area contributed by atoms with Gasteiger partial charge in [0.2, 0.25) is 5.91 Å². The van der Waals surface area contributed by atoms with Crippen LogP contribution in [-0.2, 0) is 9.53 Å². The highest BCUT2D eigenvalue weighted by atomic mass is 16.5. The quantitative estimate of drug-likeness (QED) is 0.683. The summed E-state index contributed by atoms with van der Waals surface area (Å²) in [5, 5.41) is 9.32. The Morgan fingerprint density at radius 1 is 1.59 bits per heavy atom. The molecule has 0 bridgehead atoms. The zero-order valence-electron chi connectivity index (χ0n) is 10.4. The number of rotatable bonds is 5. The average Bonchev–Trinajstić information content (AvgIpc) is 2.38. The second kappa shape index (κ2) is 6.41. The molecular weight excluding hydrogens is 216 g/mol. The van der Waals surface area contributed by atoms with Crippen molar-refractivity contribution < 1.29 is 9.53 Å². The van der Waals surface area contributed by atoms with Gasteiger partial charge in [0.05, 0.1) is 6.07 Å². The molecule has 1 amide bonds. The highest BCUT2D eigenvalue weighted by molar-refractivity contribution is 5.85. The third kappa shape index (κ3) is 3.07.